The molecule has 22 heavy (non-hydrogen) atoms. The molecule has 1 amide bonds. The lowest BCUT2D eigenvalue weighted by Gasteiger charge is -2.24. The van der Waals surface area contributed by atoms with Crippen LogP contribution in [0, 0.1) is 6.92 Å². The van der Waals surface area contributed by atoms with Crippen LogP contribution in [-0.4, -0.2) is 18.5 Å². The Morgan fingerprint density at radius 2 is 2.05 bits per heavy atom. The largest absolute Gasteiger partial charge is 0.359 e. The minimum absolute atomic E-state index is 0.0195. The van der Waals surface area contributed by atoms with Gasteiger partial charge in [0.25, 0.3) is 0 Å². The maximum absolute atomic E-state index is 12.4. The third-order valence-corrected chi connectivity index (χ3v) is 4.61. The molecule has 1 aliphatic heterocycles. The number of amides is 1. The van der Waals surface area contributed by atoms with Crippen molar-refractivity contribution in [1.82, 2.24) is 0 Å². The highest BCUT2D eigenvalue weighted by atomic mass is 35.5. The molecular weight excluding hydrogens is 296 g/mol. The summed E-state index contributed by atoms with van der Waals surface area (Å²) in [6.45, 7) is 4.41. The van der Waals surface area contributed by atoms with Crippen LogP contribution in [0.3, 0.4) is 0 Å². The molecule has 0 fully saturated rings. The van der Waals surface area contributed by atoms with Gasteiger partial charge in [0, 0.05) is 22.4 Å². The van der Waals surface area contributed by atoms with Crippen LogP contribution in [0.5, 0.6) is 0 Å². The molecule has 2 aromatic rings. The number of fused-ring (bicyclic) bond motifs is 1. The van der Waals surface area contributed by atoms with E-state index in [1.54, 1.807) is 0 Å². The smallest absolute Gasteiger partial charge is 0.243 e. The molecule has 114 valence electrons. The Morgan fingerprint density at radius 3 is 2.86 bits per heavy atom. The number of hydrogen-bond donors (Lipinski definition) is 1. The molecule has 1 atom stereocenters. The van der Waals surface area contributed by atoms with E-state index in [4.69, 9.17) is 11.6 Å². The number of nitrogens with zero attached hydrogens (tertiary/aromatic N) is 1. The van der Waals surface area contributed by atoms with Gasteiger partial charge in [0.2, 0.25) is 5.91 Å². The zero-order chi connectivity index (χ0) is 15.7. The average Bonchev–Trinajstić information content (AvgIpc) is 2.80. The predicted molar refractivity (Wildman–Crippen MR) is 91.8 cm³/mol. The van der Waals surface area contributed by atoms with Crippen molar-refractivity contribution < 1.29 is 4.79 Å². The second-order valence-corrected chi connectivity index (χ2v) is 6.18. The number of para-hydroxylation sites is 1. The van der Waals surface area contributed by atoms with Crippen molar-refractivity contribution in [2.45, 2.75) is 26.3 Å². The Kier molecular flexibility index (Phi) is 4.08. The Bertz CT molecular complexity index is 714. The van der Waals surface area contributed by atoms with Crippen molar-refractivity contribution in [2.24, 2.45) is 0 Å². The van der Waals surface area contributed by atoms with Crippen LogP contribution >= 0.6 is 11.6 Å². The van der Waals surface area contributed by atoms with E-state index in [-0.39, 0.29) is 5.91 Å². The molecule has 0 spiro atoms. The molecule has 3 rings (SSSR count). The number of benzene rings is 2. The second-order valence-electron chi connectivity index (χ2n) is 5.77. The SMILES string of the molecule is Cc1c(Cl)cccc1NC(=O)CN1c2ccccc2CC1C. The van der Waals surface area contributed by atoms with E-state index in [2.05, 4.69) is 29.3 Å². The van der Waals surface area contributed by atoms with Crippen LogP contribution in [0.2, 0.25) is 5.02 Å². The van der Waals surface area contributed by atoms with Gasteiger partial charge in [0.15, 0.2) is 0 Å². The summed E-state index contributed by atoms with van der Waals surface area (Å²) in [7, 11) is 0. The summed E-state index contributed by atoms with van der Waals surface area (Å²) < 4.78 is 0. The number of hydrogen-bond acceptors (Lipinski definition) is 2. The van der Waals surface area contributed by atoms with E-state index >= 15 is 0 Å². The molecule has 0 saturated heterocycles. The van der Waals surface area contributed by atoms with Crippen LogP contribution in [0.25, 0.3) is 0 Å². The second kappa shape index (κ2) is 6.01. The summed E-state index contributed by atoms with van der Waals surface area (Å²) in [5, 5.41) is 3.63. The highest BCUT2D eigenvalue weighted by molar-refractivity contribution is 6.31. The van der Waals surface area contributed by atoms with Gasteiger partial charge in [0.05, 0.1) is 6.54 Å². The normalized spacial score (nSPS) is 16.5. The number of anilines is 2. The summed E-state index contributed by atoms with van der Waals surface area (Å²) in [6.07, 6.45) is 0.986. The van der Waals surface area contributed by atoms with E-state index < -0.39 is 0 Å². The van der Waals surface area contributed by atoms with Crippen LogP contribution in [0.4, 0.5) is 11.4 Å². The van der Waals surface area contributed by atoms with Crippen molar-refractivity contribution >= 4 is 28.9 Å². The Balaban J connectivity index is 1.74. The lowest BCUT2D eigenvalue weighted by atomic mass is 10.1. The van der Waals surface area contributed by atoms with Crippen LogP contribution in [0.1, 0.15) is 18.1 Å². The van der Waals surface area contributed by atoms with Gasteiger partial charge < -0.3 is 10.2 Å². The summed E-state index contributed by atoms with van der Waals surface area (Å²) in [4.78, 5) is 14.5. The van der Waals surface area contributed by atoms with Crippen molar-refractivity contribution in [3.05, 3.63) is 58.6 Å². The highest BCUT2D eigenvalue weighted by Gasteiger charge is 2.27. The Labute approximate surface area is 135 Å². The van der Waals surface area contributed by atoms with Crippen LogP contribution < -0.4 is 10.2 Å². The van der Waals surface area contributed by atoms with E-state index in [1.165, 1.54) is 5.56 Å². The fourth-order valence-electron chi connectivity index (χ4n) is 2.96. The van der Waals surface area contributed by atoms with Gasteiger partial charge in [-0.25, -0.2) is 0 Å². The monoisotopic (exact) mass is 314 g/mol. The van der Waals surface area contributed by atoms with E-state index in [1.807, 2.05) is 37.3 Å². The molecule has 1 aliphatic rings. The molecule has 3 nitrogen and oxygen atoms in total. The quantitative estimate of drug-likeness (QED) is 0.927. The molecule has 1 unspecified atom stereocenters. The number of carbonyl (C=O) groups excluding carboxylic acids is 1. The molecule has 4 heteroatoms. The third kappa shape index (κ3) is 2.81. The predicted octanol–water partition coefficient (Wildman–Crippen LogP) is 4.04. The molecule has 1 heterocycles. The van der Waals surface area contributed by atoms with Crippen molar-refractivity contribution in [3.63, 3.8) is 0 Å². The first-order valence-corrected chi connectivity index (χ1v) is 7.83. The minimum Gasteiger partial charge on any atom is -0.359 e. The van der Waals surface area contributed by atoms with Gasteiger partial charge in [-0.3, -0.25) is 4.79 Å². The highest BCUT2D eigenvalue weighted by Crippen LogP contribution is 2.31. The van der Waals surface area contributed by atoms with Gasteiger partial charge >= 0.3 is 0 Å². The van der Waals surface area contributed by atoms with Crippen molar-refractivity contribution in [2.75, 3.05) is 16.8 Å². The standard InChI is InChI=1S/C18H19ClN2O/c1-12-10-14-6-3-4-9-17(14)21(12)11-18(22)20-16-8-5-7-15(19)13(16)2/h3-9,12H,10-11H2,1-2H3,(H,20,22). The molecular formula is C18H19ClN2O. The first-order valence-electron chi connectivity index (χ1n) is 7.46. The zero-order valence-corrected chi connectivity index (χ0v) is 13.5. The average molecular weight is 315 g/mol. The molecule has 2 aromatic carbocycles. The van der Waals surface area contributed by atoms with Crippen molar-refractivity contribution in [3.8, 4) is 0 Å². The molecule has 0 aromatic heterocycles. The zero-order valence-electron chi connectivity index (χ0n) is 12.8. The minimum atomic E-state index is -0.0195. The van der Waals surface area contributed by atoms with Gasteiger partial charge in [0.1, 0.15) is 0 Å². The lowest BCUT2D eigenvalue weighted by Crippen LogP contribution is -2.37. The maximum atomic E-state index is 12.4. The molecule has 0 bridgehead atoms. The topological polar surface area (TPSA) is 32.3 Å². The fourth-order valence-corrected chi connectivity index (χ4v) is 3.13. The Hall–Kier alpha value is -2.00. The fraction of sp³-hybridized carbons (Fsp3) is 0.278. The third-order valence-electron chi connectivity index (χ3n) is 4.20. The first kappa shape index (κ1) is 14.9. The Morgan fingerprint density at radius 1 is 1.27 bits per heavy atom. The summed E-state index contributed by atoms with van der Waals surface area (Å²) in [5.74, 6) is -0.0195. The van der Waals surface area contributed by atoms with Gasteiger partial charge in [-0.1, -0.05) is 35.9 Å². The first-order chi connectivity index (χ1) is 10.6. The van der Waals surface area contributed by atoms with Crippen molar-refractivity contribution in [1.29, 1.82) is 0 Å². The van der Waals surface area contributed by atoms with E-state index in [9.17, 15) is 4.79 Å². The summed E-state index contributed by atoms with van der Waals surface area (Å²) in [5.41, 5.74) is 4.14. The summed E-state index contributed by atoms with van der Waals surface area (Å²) in [6, 6.07) is 14.2. The van der Waals surface area contributed by atoms with Gasteiger partial charge in [-0.2, -0.15) is 0 Å². The number of nitrogens with one attached hydrogen (secondary N) is 1. The lowest BCUT2D eigenvalue weighted by molar-refractivity contribution is -0.115. The molecule has 0 saturated carbocycles. The van der Waals surface area contributed by atoms with Crippen LogP contribution in [-0.2, 0) is 11.2 Å². The number of carbonyl (C=O) groups is 1. The molecule has 1 N–H and O–H groups in total. The van der Waals surface area contributed by atoms with Gasteiger partial charge in [-0.15, -0.1) is 0 Å². The molecule has 0 aliphatic carbocycles. The molecule has 0 radical (unpaired) electrons. The van der Waals surface area contributed by atoms with E-state index in [0.717, 1.165) is 23.4 Å². The number of rotatable bonds is 3. The van der Waals surface area contributed by atoms with Gasteiger partial charge in [-0.05, 0) is 49.6 Å². The van der Waals surface area contributed by atoms with E-state index in [0.29, 0.717) is 17.6 Å². The maximum Gasteiger partial charge on any atom is 0.243 e. The van der Waals surface area contributed by atoms with Crippen LogP contribution in [0.15, 0.2) is 42.5 Å². The summed E-state index contributed by atoms with van der Waals surface area (Å²) >= 11 is 6.10. The number of halogens is 1.